The molecule has 1 aliphatic heterocycles. The molecule has 8 nitrogen and oxygen atoms in total. The lowest BCUT2D eigenvalue weighted by atomic mass is 9.96. The molecule has 144 valence electrons. The number of piperidine rings is 1. The number of amides is 3. The van der Waals surface area contributed by atoms with Crippen LogP contribution in [-0.2, 0) is 24.8 Å². The molecule has 0 saturated carbocycles. The number of hydrogen-bond donors (Lipinski definition) is 2. The molecule has 0 bridgehead atoms. The maximum absolute atomic E-state index is 12.3. The van der Waals surface area contributed by atoms with Gasteiger partial charge in [0, 0.05) is 45.6 Å². The minimum absolute atomic E-state index is 0.0311. The molecule has 1 aromatic heterocycles. The highest BCUT2D eigenvalue weighted by atomic mass is 16.2. The SMILES string of the molecule is Cn1ncnc1CCNC(=O)N1CCC(C(=O)NCc2ccccc2)CC1. The van der Waals surface area contributed by atoms with Gasteiger partial charge in [0.25, 0.3) is 0 Å². The first-order chi connectivity index (χ1) is 13.1. The average Bonchev–Trinajstić information content (AvgIpc) is 3.12. The Morgan fingerprint density at radius 3 is 2.56 bits per heavy atom. The normalized spacial score (nSPS) is 14.8. The predicted molar refractivity (Wildman–Crippen MR) is 101 cm³/mol. The number of carbonyl (C=O) groups excluding carboxylic acids is 2. The van der Waals surface area contributed by atoms with Gasteiger partial charge in [-0.1, -0.05) is 30.3 Å². The number of rotatable bonds is 6. The van der Waals surface area contributed by atoms with Gasteiger partial charge in [-0.05, 0) is 18.4 Å². The molecule has 0 radical (unpaired) electrons. The smallest absolute Gasteiger partial charge is 0.317 e. The zero-order valence-electron chi connectivity index (χ0n) is 15.6. The molecule has 1 aromatic carbocycles. The number of benzene rings is 1. The lowest BCUT2D eigenvalue weighted by Gasteiger charge is -2.31. The Morgan fingerprint density at radius 1 is 1.15 bits per heavy atom. The van der Waals surface area contributed by atoms with Gasteiger partial charge >= 0.3 is 6.03 Å². The maximum Gasteiger partial charge on any atom is 0.317 e. The van der Waals surface area contributed by atoms with Crippen molar-refractivity contribution in [3.8, 4) is 0 Å². The van der Waals surface area contributed by atoms with Crippen LogP contribution >= 0.6 is 0 Å². The summed E-state index contributed by atoms with van der Waals surface area (Å²) in [6.07, 6.45) is 3.53. The molecule has 0 atom stereocenters. The molecular weight excluding hydrogens is 344 g/mol. The number of likely N-dealkylation sites (tertiary alicyclic amines) is 1. The molecule has 2 aromatic rings. The van der Waals surface area contributed by atoms with E-state index in [2.05, 4.69) is 20.7 Å². The van der Waals surface area contributed by atoms with Crippen LogP contribution in [0.15, 0.2) is 36.7 Å². The lowest BCUT2D eigenvalue weighted by Crippen LogP contribution is -2.47. The van der Waals surface area contributed by atoms with Gasteiger partial charge in [0.1, 0.15) is 12.2 Å². The Hall–Kier alpha value is -2.90. The van der Waals surface area contributed by atoms with Gasteiger partial charge in [-0.25, -0.2) is 9.78 Å². The van der Waals surface area contributed by atoms with Crippen LogP contribution in [0.1, 0.15) is 24.2 Å². The summed E-state index contributed by atoms with van der Waals surface area (Å²) < 4.78 is 1.70. The fraction of sp³-hybridized carbons (Fsp3) is 0.474. The summed E-state index contributed by atoms with van der Waals surface area (Å²) in [6, 6.07) is 9.79. The van der Waals surface area contributed by atoms with E-state index in [-0.39, 0.29) is 17.9 Å². The van der Waals surface area contributed by atoms with Crippen molar-refractivity contribution >= 4 is 11.9 Å². The van der Waals surface area contributed by atoms with Crippen molar-refractivity contribution in [2.45, 2.75) is 25.8 Å². The summed E-state index contributed by atoms with van der Waals surface area (Å²) in [5.41, 5.74) is 1.09. The highest BCUT2D eigenvalue weighted by Gasteiger charge is 2.27. The summed E-state index contributed by atoms with van der Waals surface area (Å²) in [5, 5.41) is 9.92. The van der Waals surface area contributed by atoms with Crippen molar-refractivity contribution in [3.05, 3.63) is 48.0 Å². The number of nitrogens with one attached hydrogen (secondary N) is 2. The van der Waals surface area contributed by atoms with Gasteiger partial charge < -0.3 is 15.5 Å². The molecule has 1 aliphatic rings. The zero-order valence-corrected chi connectivity index (χ0v) is 15.6. The standard InChI is InChI=1S/C19H26N6O2/c1-24-17(22-14-23-24)7-10-20-19(27)25-11-8-16(9-12-25)18(26)21-13-15-5-3-2-4-6-15/h2-6,14,16H,7-13H2,1H3,(H,20,27)(H,21,26). The first kappa shape index (κ1) is 18.9. The first-order valence-corrected chi connectivity index (χ1v) is 9.31. The molecular formula is C19H26N6O2. The van der Waals surface area contributed by atoms with E-state index in [1.807, 2.05) is 37.4 Å². The van der Waals surface area contributed by atoms with Crippen LogP contribution in [0.5, 0.6) is 0 Å². The number of carbonyl (C=O) groups is 2. The van der Waals surface area contributed by atoms with E-state index in [1.165, 1.54) is 6.33 Å². The summed E-state index contributed by atoms with van der Waals surface area (Å²) in [4.78, 5) is 30.5. The number of aromatic nitrogens is 3. The molecule has 1 saturated heterocycles. The second-order valence-electron chi connectivity index (χ2n) is 6.75. The molecule has 2 N–H and O–H groups in total. The third-order valence-corrected chi connectivity index (χ3v) is 4.89. The van der Waals surface area contributed by atoms with Crippen molar-refractivity contribution in [2.24, 2.45) is 13.0 Å². The molecule has 8 heteroatoms. The first-order valence-electron chi connectivity index (χ1n) is 9.31. The Balaban J connectivity index is 1.35. The van der Waals surface area contributed by atoms with Crippen molar-refractivity contribution in [3.63, 3.8) is 0 Å². The minimum Gasteiger partial charge on any atom is -0.352 e. The van der Waals surface area contributed by atoms with E-state index in [0.29, 0.717) is 45.4 Å². The second-order valence-corrected chi connectivity index (χ2v) is 6.75. The molecule has 0 aliphatic carbocycles. The summed E-state index contributed by atoms with van der Waals surface area (Å²) in [7, 11) is 1.83. The summed E-state index contributed by atoms with van der Waals surface area (Å²) in [5.74, 6) is 0.877. The predicted octanol–water partition coefficient (Wildman–Crippen LogP) is 1.10. The Labute approximate surface area is 159 Å². The van der Waals surface area contributed by atoms with Crippen LogP contribution in [0, 0.1) is 5.92 Å². The van der Waals surface area contributed by atoms with Crippen molar-refractivity contribution in [1.82, 2.24) is 30.3 Å². The quantitative estimate of drug-likeness (QED) is 0.796. The molecule has 0 unspecified atom stereocenters. The van der Waals surface area contributed by atoms with Gasteiger partial charge in [-0.15, -0.1) is 0 Å². The van der Waals surface area contributed by atoms with Crippen LogP contribution in [0.25, 0.3) is 0 Å². The van der Waals surface area contributed by atoms with Crippen molar-refractivity contribution in [1.29, 1.82) is 0 Å². The molecule has 1 fully saturated rings. The van der Waals surface area contributed by atoms with Crippen molar-refractivity contribution < 1.29 is 9.59 Å². The second kappa shape index (κ2) is 9.16. The van der Waals surface area contributed by atoms with Gasteiger partial charge in [0.15, 0.2) is 0 Å². The van der Waals surface area contributed by atoms with Crippen LogP contribution in [-0.4, -0.2) is 51.2 Å². The monoisotopic (exact) mass is 370 g/mol. The van der Waals surface area contributed by atoms with Gasteiger partial charge in [0.2, 0.25) is 5.91 Å². The maximum atomic E-state index is 12.3. The van der Waals surface area contributed by atoms with Gasteiger partial charge in [0.05, 0.1) is 0 Å². The summed E-state index contributed by atoms with van der Waals surface area (Å²) in [6.45, 7) is 2.25. The molecule has 27 heavy (non-hydrogen) atoms. The average molecular weight is 370 g/mol. The third-order valence-electron chi connectivity index (χ3n) is 4.89. The van der Waals surface area contributed by atoms with E-state index in [0.717, 1.165) is 11.4 Å². The Kier molecular flexibility index (Phi) is 6.40. The fourth-order valence-electron chi connectivity index (χ4n) is 3.21. The van der Waals surface area contributed by atoms with E-state index in [1.54, 1.807) is 9.58 Å². The topological polar surface area (TPSA) is 92.2 Å². The van der Waals surface area contributed by atoms with Crippen LogP contribution in [0.4, 0.5) is 4.79 Å². The number of aryl methyl sites for hydroxylation is 1. The Morgan fingerprint density at radius 2 is 1.89 bits per heavy atom. The highest BCUT2D eigenvalue weighted by Crippen LogP contribution is 2.17. The number of hydrogen-bond acceptors (Lipinski definition) is 4. The fourth-order valence-corrected chi connectivity index (χ4v) is 3.21. The van der Waals surface area contributed by atoms with E-state index >= 15 is 0 Å². The zero-order chi connectivity index (χ0) is 19.1. The van der Waals surface area contributed by atoms with Gasteiger partial charge in [-0.3, -0.25) is 9.48 Å². The minimum atomic E-state index is -0.0830. The largest absolute Gasteiger partial charge is 0.352 e. The van der Waals surface area contributed by atoms with E-state index in [9.17, 15) is 9.59 Å². The van der Waals surface area contributed by atoms with Crippen LogP contribution in [0.2, 0.25) is 0 Å². The number of nitrogens with zero attached hydrogens (tertiary/aromatic N) is 4. The number of urea groups is 1. The third kappa shape index (κ3) is 5.29. The van der Waals surface area contributed by atoms with Gasteiger partial charge in [-0.2, -0.15) is 5.10 Å². The molecule has 3 rings (SSSR count). The molecule has 2 heterocycles. The van der Waals surface area contributed by atoms with Crippen LogP contribution < -0.4 is 10.6 Å². The van der Waals surface area contributed by atoms with Crippen LogP contribution in [0.3, 0.4) is 0 Å². The molecule has 0 spiro atoms. The van der Waals surface area contributed by atoms with Crippen molar-refractivity contribution in [2.75, 3.05) is 19.6 Å². The lowest BCUT2D eigenvalue weighted by molar-refractivity contribution is -0.126. The molecule has 3 amide bonds. The van der Waals surface area contributed by atoms with E-state index < -0.39 is 0 Å². The Bertz CT molecular complexity index is 753. The highest BCUT2D eigenvalue weighted by molar-refractivity contribution is 5.79. The summed E-state index contributed by atoms with van der Waals surface area (Å²) >= 11 is 0. The van der Waals surface area contributed by atoms with E-state index in [4.69, 9.17) is 0 Å².